The summed E-state index contributed by atoms with van der Waals surface area (Å²) in [5, 5.41) is 1.41. The number of thiophene rings is 1. The number of carbonyl (C=O) groups excluding carboxylic acids is 1. The number of nitrogens with one attached hydrogen (secondary N) is 1. The van der Waals surface area contributed by atoms with Crippen molar-refractivity contribution in [1.82, 2.24) is 9.55 Å². The number of nitrogen functional groups attached to an aromatic ring is 1. The SMILES string of the molecule is COC(=O)c1sccc1NS(=O)(=O)c1c(N)ncn1C. The van der Waals surface area contributed by atoms with E-state index in [2.05, 4.69) is 14.4 Å². The molecular formula is C10H12N4O4S2. The largest absolute Gasteiger partial charge is 0.465 e. The molecular weight excluding hydrogens is 304 g/mol. The second kappa shape index (κ2) is 5.13. The van der Waals surface area contributed by atoms with Crippen LogP contribution >= 0.6 is 11.3 Å². The zero-order valence-corrected chi connectivity index (χ0v) is 12.3. The van der Waals surface area contributed by atoms with Crippen LogP contribution in [0.5, 0.6) is 0 Å². The van der Waals surface area contributed by atoms with Gasteiger partial charge in [0.15, 0.2) is 10.8 Å². The zero-order chi connectivity index (χ0) is 14.9. The van der Waals surface area contributed by atoms with Crippen molar-refractivity contribution in [1.29, 1.82) is 0 Å². The van der Waals surface area contributed by atoms with Crippen LogP contribution in [0.15, 0.2) is 22.8 Å². The summed E-state index contributed by atoms with van der Waals surface area (Å²) in [4.78, 5) is 15.4. The summed E-state index contributed by atoms with van der Waals surface area (Å²) in [6.45, 7) is 0. The van der Waals surface area contributed by atoms with Crippen LogP contribution in [0.4, 0.5) is 11.5 Å². The molecule has 2 rings (SSSR count). The number of aromatic nitrogens is 2. The molecule has 0 bridgehead atoms. The van der Waals surface area contributed by atoms with E-state index in [-0.39, 0.29) is 21.4 Å². The van der Waals surface area contributed by atoms with Crippen molar-refractivity contribution in [2.75, 3.05) is 17.6 Å². The summed E-state index contributed by atoms with van der Waals surface area (Å²) in [5.41, 5.74) is 5.68. The van der Waals surface area contributed by atoms with Gasteiger partial charge in [-0.2, -0.15) is 8.42 Å². The lowest BCUT2D eigenvalue weighted by Crippen LogP contribution is -2.18. The molecule has 2 heterocycles. The lowest BCUT2D eigenvalue weighted by molar-refractivity contribution is 0.0607. The normalized spacial score (nSPS) is 11.3. The standard InChI is InChI=1S/C10H12N4O4S2/c1-14-5-12-8(11)9(14)20(16,17)13-6-3-4-19-7(6)10(15)18-2/h3-5,13H,11H2,1-2H3. The van der Waals surface area contributed by atoms with Crippen LogP contribution < -0.4 is 10.5 Å². The molecule has 0 saturated heterocycles. The Morgan fingerprint density at radius 2 is 2.25 bits per heavy atom. The molecule has 0 aliphatic heterocycles. The molecule has 0 amide bonds. The first-order valence-electron chi connectivity index (χ1n) is 5.32. The third-order valence-corrected chi connectivity index (χ3v) is 4.83. The van der Waals surface area contributed by atoms with E-state index in [1.54, 1.807) is 5.38 Å². The Hall–Kier alpha value is -2.07. The number of sulfonamides is 1. The van der Waals surface area contributed by atoms with Gasteiger partial charge >= 0.3 is 5.97 Å². The minimum atomic E-state index is -3.94. The van der Waals surface area contributed by atoms with Crippen LogP contribution in [0.1, 0.15) is 9.67 Å². The summed E-state index contributed by atoms with van der Waals surface area (Å²) in [6, 6.07) is 1.47. The van der Waals surface area contributed by atoms with Gasteiger partial charge in [-0.3, -0.25) is 4.72 Å². The predicted octanol–water partition coefficient (Wildman–Crippen LogP) is 0.651. The Labute approximate surface area is 119 Å². The number of imidazole rings is 1. The molecule has 108 valence electrons. The molecule has 0 saturated carbocycles. The van der Waals surface area contributed by atoms with Gasteiger partial charge in [0, 0.05) is 7.05 Å². The molecule has 20 heavy (non-hydrogen) atoms. The average Bonchev–Trinajstić information content (AvgIpc) is 2.95. The minimum Gasteiger partial charge on any atom is -0.465 e. The van der Waals surface area contributed by atoms with Crippen molar-refractivity contribution >= 4 is 38.8 Å². The van der Waals surface area contributed by atoms with Gasteiger partial charge < -0.3 is 15.0 Å². The smallest absolute Gasteiger partial charge is 0.350 e. The number of nitrogens with zero attached hydrogens (tertiary/aromatic N) is 2. The molecule has 0 aliphatic rings. The summed E-state index contributed by atoms with van der Waals surface area (Å²) in [7, 11) is -1.21. The van der Waals surface area contributed by atoms with E-state index in [0.717, 1.165) is 11.3 Å². The van der Waals surface area contributed by atoms with Crippen LogP contribution in [-0.4, -0.2) is 31.0 Å². The van der Waals surface area contributed by atoms with Gasteiger partial charge in [0.05, 0.1) is 19.1 Å². The molecule has 3 N–H and O–H groups in total. The van der Waals surface area contributed by atoms with E-state index >= 15 is 0 Å². The van der Waals surface area contributed by atoms with Crippen molar-refractivity contribution in [2.24, 2.45) is 7.05 Å². The number of nitrogens with two attached hydrogens (primary N) is 1. The Kier molecular flexibility index (Phi) is 3.68. The number of hydrogen-bond donors (Lipinski definition) is 2. The highest BCUT2D eigenvalue weighted by Crippen LogP contribution is 2.27. The molecule has 10 heteroatoms. The summed E-state index contributed by atoms with van der Waals surface area (Å²) in [6.07, 6.45) is 1.29. The van der Waals surface area contributed by atoms with Crippen LogP contribution in [0.25, 0.3) is 0 Å². The maximum absolute atomic E-state index is 12.3. The highest BCUT2D eigenvalue weighted by atomic mass is 32.2. The molecule has 8 nitrogen and oxygen atoms in total. The number of methoxy groups -OCH3 is 1. The number of carbonyl (C=O) groups is 1. The van der Waals surface area contributed by atoms with Crippen molar-refractivity contribution in [2.45, 2.75) is 5.03 Å². The highest BCUT2D eigenvalue weighted by Gasteiger charge is 2.25. The number of aryl methyl sites for hydroxylation is 1. The number of hydrogen-bond acceptors (Lipinski definition) is 7. The Balaban J connectivity index is 2.40. The molecule has 0 aliphatic carbocycles. The maximum Gasteiger partial charge on any atom is 0.350 e. The van der Waals surface area contributed by atoms with Gasteiger partial charge in [-0.25, -0.2) is 9.78 Å². The number of ether oxygens (including phenoxy) is 1. The van der Waals surface area contributed by atoms with E-state index in [9.17, 15) is 13.2 Å². The van der Waals surface area contributed by atoms with E-state index < -0.39 is 16.0 Å². The van der Waals surface area contributed by atoms with Crippen molar-refractivity contribution in [3.05, 3.63) is 22.7 Å². The Morgan fingerprint density at radius 1 is 1.55 bits per heavy atom. The maximum atomic E-state index is 12.3. The highest BCUT2D eigenvalue weighted by molar-refractivity contribution is 7.92. The lowest BCUT2D eigenvalue weighted by Gasteiger charge is -2.09. The van der Waals surface area contributed by atoms with Gasteiger partial charge in [-0.05, 0) is 11.4 Å². The first-order valence-corrected chi connectivity index (χ1v) is 7.68. The average molecular weight is 316 g/mol. The van der Waals surface area contributed by atoms with E-state index in [0.29, 0.717) is 0 Å². The van der Waals surface area contributed by atoms with Crippen LogP contribution in [0.3, 0.4) is 0 Å². The van der Waals surface area contributed by atoms with Crippen LogP contribution in [0.2, 0.25) is 0 Å². The molecule has 0 radical (unpaired) electrons. The Bertz CT molecular complexity index is 728. The monoisotopic (exact) mass is 316 g/mol. The van der Waals surface area contributed by atoms with Gasteiger partial charge in [0.2, 0.25) is 0 Å². The third-order valence-electron chi connectivity index (χ3n) is 2.44. The fourth-order valence-electron chi connectivity index (χ4n) is 1.60. The first kappa shape index (κ1) is 14.3. The Morgan fingerprint density at radius 3 is 2.80 bits per heavy atom. The fraction of sp³-hybridized carbons (Fsp3) is 0.200. The third kappa shape index (κ3) is 2.47. The molecule has 0 spiro atoms. The van der Waals surface area contributed by atoms with E-state index in [4.69, 9.17) is 5.73 Å². The number of rotatable bonds is 4. The van der Waals surface area contributed by atoms with E-state index in [1.165, 1.54) is 31.1 Å². The van der Waals surface area contributed by atoms with E-state index in [1.807, 2.05) is 0 Å². The van der Waals surface area contributed by atoms with Gasteiger partial charge in [-0.1, -0.05) is 0 Å². The summed E-state index contributed by atoms with van der Waals surface area (Å²) in [5.74, 6) is -0.731. The number of esters is 1. The molecule has 0 fully saturated rings. The first-order chi connectivity index (χ1) is 9.36. The lowest BCUT2D eigenvalue weighted by atomic mass is 10.4. The second-order valence-electron chi connectivity index (χ2n) is 3.81. The van der Waals surface area contributed by atoms with Gasteiger partial charge in [0.25, 0.3) is 10.0 Å². The van der Waals surface area contributed by atoms with Crippen molar-refractivity contribution in [3.63, 3.8) is 0 Å². The van der Waals surface area contributed by atoms with Gasteiger partial charge in [0.1, 0.15) is 4.88 Å². The van der Waals surface area contributed by atoms with Crippen molar-refractivity contribution in [3.8, 4) is 0 Å². The van der Waals surface area contributed by atoms with Crippen molar-refractivity contribution < 1.29 is 17.9 Å². The number of anilines is 2. The summed E-state index contributed by atoms with van der Waals surface area (Å²) < 4.78 is 32.7. The minimum absolute atomic E-state index is 0.116. The van der Waals surface area contributed by atoms with Crippen LogP contribution in [0, 0.1) is 0 Å². The fourth-order valence-corrected chi connectivity index (χ4v) is 3.74. The topological polar surface area (TPSA) is 116 Å². The predicted molar refractivity (Wildman–Crippen MR) is 74.1 cm³/mol. The molecule has 0 aromatic carbocycles. The molecule has 0 atom stereocenters. The quantitative estimate of drug-likeness (QED) is 0.800. The van der Waals surface area contributed by atoms with Crippen LogP contribution in [-0.2, 0) is 21.8 Å². The van der Waals surface area contributed by atoms with Gasteiger partial charge in [-0.15, -0.1) is 11.3 Å². The summed E-state index contributed by atoms with van der Waals surface area (Å²) >= 11 is 1.07. The zero-order valence-electron chi connectivity index (χ0n) is 10.7. The molecule has 0 unspecified atom stereocenters. The molecule has 2 aromatic heterocycles. The molecule has 2 aromatic rings. The second-order valence-corrected chi connectivity index (χ2v) is 6.32.